The fraction of sp³-hybridized carbons (Fsp3) is 0.207. The van der Waals surface area contributed by atoms with Gasteiger partial charge in [-0.1, -0.05) is 42.5 Å². The second-order valence-electron chi connectivity index (χ2n) is 8.68. The van der Waals surface area contributed by atoms with E-state index in [2.05, 4.69) is 51.7 Å². The molecule has 2 aromatic heterocycles. The number of carbonyl (C=O) groups excluding carboxylic acids is 1. The summed E-state index contributed by atoms with van der Waals surface area (Å²) in [5.74, 6) is 0.173. The second kappa shape index (κ2) is 10.3. The zero-order valence-corrected chi connectivity index (χ0v) is 19.8. The van der Waals surface area contributed by atoms with Crippen LogP contribution < -0.4 is 0 Å². The molecule has 0 radical (unpaired) electrons. The Bertz CT molecular complexity index is 1330. The monoisotopic (exact) mass is 448 g/mol. The van der Waals surface area contributed by atoms with Crippen LogP contribution in [-0.2, 0) is 0 Å². The van der Waals surface area contributed by atoms with Crippen molar-refractivity contribution in [3.8, 4) is 34.3 Å². The molecule has 5 heteroatoms. The molecule has 0 spiro atoms. The van der Waals surface area contributed by atoms with Gasteiger partial charge >= 0.3 is 0 Å². The third kappa shape index (κ3) is 4.98. The summed E-state index contributed by atoms with van der Waals surface area (Å²) in [5, 5.41) is 9.11. The molecule has 0 aliphatic heterocycles. The number of hydrogen-bond donors (Lipinski definition) is 0. The first kappa shape index (κ1) is 23.2. The van der Waals surface area contributed by atoms with Crippen molar-refractivity contribution in [3.05, 3.63) is 95.8 Å². The highest BCUT2D eigenvalue weighted by molar-refractivity contribution is 5.96. The SMILES string of the molecule is Cc1ccccc1-n1c(-c2ccc(C(=O)CCCN(C)C)cc2)ccc1-c1ccc(C#N)nc1. The fourth-order valence-corrected chi connectivity index (χ4v) is 4.10. The van der Waals surface area contributed by atoms with E-state index in [1.807, 2.05) is 56.6 Å². The van der Waals surface area contributed by atoms with Gasteiger partial charge in [0.2, 0.25) is 0 Å². The van der Waals surface area contributed by atoms with E-state index in [-0.39, 0.29) is 5.78 Å². The maximum atomic E-state index is 12.6. The first-order valence-electron chi connectivity index (χ1n) is 11.4. The molecule has 2 heterocycles. The highest BCUT2D eigenvalue weighted by Gasteiger charge is 2.16. The molecule has 4 aromatic rings. The lowest BCUT2D eigenvalue weighted by atomic mass is 10.0. The lowest BCUT2D eigenvalue weighted by molar-refractivity contribution is 0.0977. The Hall–Kier alpha value is -4.01. The Labute approximate surface area is 200 Å². The van der Waals surface area contributed by atoms with E-state index in [1.54, 1.807) is 12.3 Å². The molecule has 0 amide bonds. The minimum Gasteiger partial charge on any atom is -0.309 e. The van der Waals surface area contributed by atoms with Crippen molar-refractivity contribution in [2.75, 3.05) is 20.6 Å². The van der Waals surface area contributed by atoms with Gasteiger partial charge < -0.3 is 9.47 Å². The number of nitriles is 1. The van der Waals surface area contributed by atoms with Crippen molar-refractivity contribution in [3.63, 3.8) is 0 Å². The molecular formula is C29H28N4O. The second-order valence-corrected chi connectivity index (χ2v) is 8.68. The van der Waals surface area contributed by atoms with Crippen LogP contribution in [0.4, 0.5) is 0 Å². The lowest BCUT2D eigenvalue weighted by Crippen LogP contribution is -2.14. The number of para-hydroxylation sites is 1. The van der Waals surface area contributed by atoms with Gasteiger partial charge in [-0.25, -0.2) is 4.98 Å². The molecule has 2 aromatic carbocycles. The summed E-state index contributed by atoms with van der Waals surface area (Å²) < 4.78 is 2.21. The van der Waals surface area contributed by atoms with Gasteiger partial charge in [-0.3, -0.25) is 4.79 Å². The smallest absolute Gasteiger partial charge is 0.162 e. The van der Waals surface area contributed by atoms with Crippen LogP contribution in [-0.4, -0.2) is 40.9 Å². The molecule has 0 saturated heterocycles. The molecule has 0 atom stereocenters. The third-order valence-electron chi connectivity index (χ3n) is 5.92. The highest BCUT2D eigenvalue weighted by Crippen LogP contribution is 2.33. The van der Waals surface area contributed by atoms with Crippen molar-refractivity contribution in [1.82, 2.24) is 14.5 Å². The Balaban J connectivity index is 1.72. The quantitative estimate of drug-likeness (QED) is 0.314. The normalized spacial score (nSPS) is 10.9. The van der Waals surface area contributed by atoms with Gasteiger partial charge in [0.15, 0.2) is 5.78 Å². The topological polar surface area (TPSA) is 61.9 Å². The number of rotatable bonds is 8. The van der Waals surface area contributed by atoms with Crippen molar-refractivity contribution < 1.29 is 4.79 Å². The van der Waals surface area contributed by atoms with Gasteiger partial charge in [-0.05, 0) is 75.4 Å². The maximum Gasteiger partial charge on any atom is 0.162 e. The summed E-state index contributed by atoms with van der Waals surface area (Å²) in [5.41, 5.74) is 7.34. The standard InChI is InChI=1S/C29H28N4O/c1-21-7-4-5-8-26(21)33-27(16-17-28(33)24-14-15-25(19-30)31-20-24)22-10-12-23(13-11-22)29(34)9-6-18-32(2)3/h4-5,7-8,10-17,20H,6,9,18H2,1-3H3. The van der Waals surface area contributed by atoms with Crippen molar-refractivity contribution in [2.45, 2.75) is 19.8 Å². The van der Waals surface area contributed by atoms with Crippen molar-refractivity contribution >= 4 is 5.78 Å². The minimum absolute atomic E-state index is 0.173. The zero-order valence-electron chi connectivity index (χ0n) is 19.8. The molecule has 0 N–H and O–H groups in total. The van der Waals surface area contributed by atoms with Gasteiger partial charge in [0.1, 0.15) is 11.8 Å². The molecule has 0 aliphatic rings. The van der Waals surface area contributed by atoms with E-state index < -0.39 is 0 Å². The number of pyridine rings is 1. The van der Waals surface area contributed by atoms with Crippen LogP contribution in [0.1, 0.15) is 34.5 Å². The van der Waals surface area contributed by atoms with Gasteiger partial charge in [0, 0.05) is 29.4 Å². The molecule has 0 bridgehead atoms. The summed E-state index contributed by atoms with van der Waals surface area (Å²) in [6, 6.07) is 26.0. The number of ketones is 1. The van der Waals surface area contributed by atoms with Crippen LogP contribution >= 0.6 is 0 Å². The lowest BCUT2D eigenvalue weighted by Gasteiger charge is -2.16. The van der Waals surface area contributed by atoms with Gasteiger partial charge in [0.25, 0.3) is 0 Å². The van der Waals surface area contributed by atoms with E-state index in [0.29, 0.717) is 12.1 Å². The van der Waals surface area contributed by atoms with E-state index in [4.69, 9.17) is 5.26 Å². The van der Waals surface area contributed by atoms with Gasteiger partial charge in [-0.2, -0.15) is 5.26 Å². The molecule has 34 heavy (non-hydrogen) atoms. The van der Waals surface area contributed by atoms with Crippen LogP contribution in [0, 0.1) is 18.3 Å². The predicted molar refractivity (Wildman–Crippen MR) is 136 cm³/mol. The van der Waals surface area contributed by atoms with Crippen molar-refractivity contribution in [2.24, 2.45) is 0 Å². The average Bonchev–Trinajstić information content (AvgIpc) is 3.29. The van der Waals surface area contributed by atoms with Gasteiger partial charge in [0.05, 0.1) is 11.4 Å². The first-order chi connectivity index (χ1) is 16.5. The van der Waals surface area contributed by atoms with E-state index in [0.717, 1.165) is 52.3 Å². The molecular weight excluding hydrogens is 420 g/mol. The largest absolute Gasteiger partial charge is 0.309 e. The summed E-state index contributed by atoms with van der Waals surface area (Å²) in [6.07, 6.45) is 3.14. The van der Waals surface area contributed by atoms with Crippen LogP contribution in [0.25, 0.3) is 28.2 Å². The number of nitrogens with zero attached hydrogens (tertiary/aromatic N) is 4. The number of benzene rings is 2. The minimum atomic E-state index is 0.173. The van der Waals surface area contributed by atoms with Crippen molar-refractivity contribution in [1.29, 1.82) is 5.26 Å². The maximum absolute atomic E-state index is 12.6. The zero-order chi connectivity index (χ0) is 24.1. The third-order valence-corrected chi connectivity index (χ3v) is 5.92. The first-order valence-corrected chi connectivity index (χ1v) is 11.4. The molecule has 0 saturated carbocycles. The van der Waals surface area contributed by atoms with Crippen LogP contribution in [0.15, 0.2) is 79.0 Å². The molecule has 5 nitrogen and oxygen atoms in total. The Morgan fingerprint density at radius 3 is 2.24 bits per heavy atom. The Morgan fingerprint density at radius 1 is 0.941 bits per heavy atom. The Kier molecular flexibility index (Phi) is 7.01. The van der Waals surface area contributed by atoms with Crippen LogP contribution in [0.5, 0.6) is 0 Å². The number of Topliss-reactive ketones (excluding diaryl/α,β-unsaturated/α-hetero) is 1. The molecule has 170 valence electrons. The average molecular weight is 449 g/mol. The van der Waals surface area contributed by atoms with E-state index in [9.17, 15) is 4.79 Å². The van der Waals surface area contributed by atoms with Gasteiger partial charge in [-0.15, -0.1) is 0 Å². The van der Waals surface area contributed by atoms with E-state index >= 15 is 0 Å². The number of hydrogen-bond acceptors (Lipinski definition) is 4. The summed E-state index contributed by atoms with van der Waals surface area (Å²) in [4.78, 5) is 19.0. The summed E-state index contributed by atoms with van der Waals surface area (Å²) in [7, 11) is 4.04. The van der Waals surface area contributed by atoms with Crippen LogP contribution in [0.3, 0.4) is 0 Å². The Morgan fingerprint density at radius 2 is 1.62 bits per heavy atom. The number of carbonyl (C=O) groups is 1. The summed E-state index contributed by atoms with van der Waals surface area (Å²) >= 11 is 0. The summed E-state index contributed by atoms with van der Waals surface area (Å²) in [6.45, 7) is 3.00. The van der Waals surface area contributed by atoms with E-state index in [1.165, 1.54) is 0 Å². The fourth-order valence-electron chi connectivity index (χ4n) is 4.10. The highest BCUT2D eigenvalue weighted by atomic mass is 16.1. The molecule has 4 rings (SSSR count). The molecule has 0 fully saturated rings. The van der Waals surface area contributed by atoms with Crippen LogP contribution in [0.2, 0.25) is 0 Å². The number of aromatic nitrogens is 2. The molecule has 0 aliphatic carbocycles. The molecule has 0 unspecified atom stereocenters. The predicted octanol–water partition coefficient (Wildman–Crippen LogP) is 5.91. The number of aryl methyl sites for hydroxylation is 1.